The smallest absolute Gasteiger partial charge is 0.410 e. The number of rotatable bonds is 33. The molecule has 4 aliphatic rings. The lowest BCUT2D eigenvalue weighted by atomic mass is 9.47. The molecule has 3 amide bonds. The normalized spacial score (nSPS) is 26.7. The van der Waals surface area contributed by atoms with E-state index in [4.69, 9.17) is 10.5 Å². The van der Waals surface area contributed by atoms with Gasteiger partial charge in [-0.1, -0.05) is 162 Å². The molecule has 4 N–H and O–H groups in total. The largest absolute Gasteiger partial charge is 0.446 e. The van der Waals surface area contributed by atoms with Crippen molar-refractivity contribution in [2.75, 3.05) is 32.7 Å². The van der Waals surface area contributed by atoms with E-state index in [1.807, 2.05) is 0 Å². The SMILES string of the molecule is CCCCCCCCCCCCCC(=O)NCCCCCCN(CC(=O)NCCCCCCN)C(=O)O[C@H]1CC[C@@]2(C)C(=CC[C@H]3[C@@H]4CC[C@H]([C@H](C)CCCC(C)C)[C@@]4(C)CC[C@@H]32)C1. The number of unbranched alkanes of at least 4 members (excludes halogenated alkanes) is 16. The van der Waals surface area contributed by atoms with Gasteiger partial charge in [-0.25, -0.2) is 4.79 Å². The highest BCUT2D eigenvalue weighted by Gasteiger charge is 2.59. The third-order valence-corrected chi connectivity index (χ3v) is 17.3. The Morgan fingerprint density at radius 1 is 0.719 bits per heavy atom. The summed E-state index contributed by atoms with van der Waals surface area (Å²) in [4.78, 5) is 41.1. The monoisotopic (exact) mass is 895 g/mol. The summed E-state index contributed by atoms with van der Waals surface area (Å²) in [6, 6.07) is 0. The van der Waals surface area contributed by atoms with Gasteiger partial charge >= 0.3 is 6.09 Å². The van der Waals surface area contributed by atoms with Gasteiger partial charge in [0.25, 0.3) is 0 Å². The van der Waals surface area contributed by atoms with Crippen molar-refractivity contribution in [1.29, 1.82) is 0 Å². The van der Waals surface area contributed by atoms with E-state index in [9.17, 15) is 14.4 Å². The van der Waals surface area contributed by atoms with E-state index >= 15 is 0 Å². The standard InChI is InChI=1S/C56H102N4O4/c1-7-8-9-10-11-12-13-14-15-16-21-29-52(61)58-39-24-19-20-25-41-60(43-53(62)59-40-23-18-17-22-38-57)54(63)64-47-34-36-55(5)46(42-47)30-31-48-50-33-32-49(45(4)28-26-27-44(2)3)56(50,6)37-35-51(48)55/h30,44-45,47-51H,7-29,31-43,57H2,1-6H3,(H,58,61)(H,59,62)/t45-,47+,48+,49-,50+,51+,55+,56-/m1/s1. The predicted molar refractivity (Wildman–Crippen MR) is 268 cm³/mol. The number of nitrogens with two attached hydrogens (primary N) is 1. The van der Waals surface area contributed by atoms with Crippen molar-refractivity contribution in [3.63, 3.8) is 0 Å². The van der Waals surface area contributed by atoms with Crippen molar-refractivity contribution in [3.05, 3.63) is 11.6 Å². The second-order valence-electron chi connectivity index (χ2n) is 22.6. The first kappa shape index (κ1) is 54.5. The highest BCUT2D eigenvalue weighted by atomic mass is 16.6. The Kier molecular flexibility index (Phi) is 25.2. The van der Waals surface area contributed by atoms with Crippen LogP contribution in [0.4, 0.5) is 4.79 Å². The maximum atomic E-state index is 13.9. The summed E-state index contributed by atoms with van der Waals surface area (Å²) in [7, 11) is 0. The number of carbonyl (C=O) groups is 3. The van der Waals surface area contributed by atoms with Crippen LogP contribution in [0.15, 0.2) is 11.6 Å². The summed E-state index contributed by atoms with van der Waals surface area (Å²) in [6.45, 7) is 17.3. The van der Waals surface area contributed by atoms with E-state index in [-0.39, 0.29) is 36.0 Å². The molecule has 370 valence electrons. The molecule has 8 atom stereocenters. The molecule has 0 spiro atoms. The van der Waals surface area contributed by atoms with Crippen molar-refractivity contribution in [3.8, 4) is 0 Å². The number of fused-ring (bicyclic) bond motifs is 5. The number of allylic oxidation sites excluding steroid dienone is 1. The molecule has 0 aromatic carbocycles. The molecule has 0 aromatic heterocycles. The maximum Gasteiger partial charge on any atom is 0.410 e. The van der Waals surface area contributed by atoms with Crippen molar-refractivity contribution in [1.82, 2.24) is 15.5 Å². The minimum absolute atomic E-state index is 0.0329. The fourth-order valence-corrected chi connectivity index (χ4v) is 13.3. The second-order valence-corrected chi connectivity index (χ2v) is 22.6. The van der Waals surface area contributed by atoms with E-state index in [0.717, 1.165) is 119 Å². The molecule has 0 saturated heterocycles. The lowest BCUT2D eigenvalue weighted by molar-refractivity contribution is -0.122. The first-order valence-corrected chi connectivity index (χ1v) is 27.8. The van der Waals surface area contributed by atoms with Crippen LogP contribution < -0.4 is 16.4 Å². The van der Waals surface area contributed by atoms with Gasteiger partial charge in [0, 0.05) is 32.5 Å². The molecule has 8 heteroatoms. The van der Waals surface area contributed by atoms with Gasteiger partial charge < -0.3 is 21.1 Å². The van der Waals surface area contributed by atoms with Crippen LogP contribution in [0.1, 0.15) is 241 Å². The van der Waals surface area contributed by atoms with E-state index in [0.29, 0.717) is 38.0 Å². The molecule has 0 aliphatic heterocycles. The average Bonchev–Trinajstić information content (AvgIpc) is 3.63. The van der Waals surface area contributed by atoms with E-state index in [2.05, 4.69) is 58.3 Å². The molecule has 0 aromatic rings. The first-order valence-electron chi connectivity index (χ1n) is 27.8. The maximum absolute atomic E-state index is 13.9. The van der Waals surface area contributed by atoms with Crippen LogP contribution in [0, 0.1) is 46.3 Å². The van der Waals surface area contributed by atoms with E-state index < -0.39 is 0 Å². The summed E-state index contributed by atoms with van der Waals surface area (Å²) in [5.74, 6) is 4.90. The van der Waals surface area contributed by atoms with E-state index in [1.165, 1.54) is 115 Å². The van der Waals surface area contributed by atoms with Gasteiger partial charge in [0.05, 0.1) is 0 Å². The summed E-state index contributed by atoms with van der Waals surface area (Å²) >= 11 is 0. The van der Waals surface area contributed by atoms with Gasteiger partial charge in [0.2, 0.25) is 11.8 Å². The van der Waals surface area contributed by atoms with Gasteiger partial charge in [-0.05, 0) is 130 Å². The Morgan fingerprint density at radius 2 is 1.34 bits per heavy atom. The van der Waals surface area contributed by atoms with Crippen LogP contribution in [-0.2, 0) is 14.3 Å². The van der Waals surface area contributed by atoms with E-state index in [1.54, 1.807) is 4.90 Å². The lowest BCUT2D eigenvalue weighted by Crippen LogP contribution is -2.51. The summed E-state index contributed by atoms with van der Waals surface area (Å²) < 4.78 is 6.34. The number of ether oxygens (including phenoxy) is 1. The second kappa shape index (κ2) is 29.6. The molecule has 3 saturated carbocycles. The van der Waals surface area contributed by atoms with Crippen LogP contribution >= 0.6 is 0 Å². The Bertz CT molecular complexity index is 1370. The molecule has 0 heterocycles. The summed E-state index contributed by atoms with van der Waals surface area (Å²) in [5, 5.41) is 6.17. The van der Waals surface area contributed by atoms with Crippen molar-refractivity contribution >= 4 is 17.9 Å². The predicted octanol–water partition coefficient (Wildman–Crippen LogP) is 13.8. The molecule has 0 unspecified atom stereocenters. The van der Waals surface area contributed by atoms with Crippen LogP contribution in [0.5, 0.6) is 0 Å². The van der Waals surface area contributed by atoms with Gasteiger partial charge in [-0.2, -0.15) is 0 Å². The fraction of sp³-hybridized carbons (Fsp3) is 0.911. The van der Waals surface area contributed by atoms with Crippen LogP contribution in [0.2, 0.25) is 0 Å². The molecule has 4 aliphatic carbocycles. The molecule has 0 bridgehead atoms. The Balaban J connectivity index is 1.20. The zero-order valence-corrected chi connectivity index (χ0v) is 42.7. The fourth-order valence-electron chi connectivity index (χ4n) is 13.3. The minimum Gasteiger partial charge on any atom is -0.446 e. The Morgan fingerprint density at radius 3 is 2.02 bits per heavy atom. The molecule has 3 fully saturated rings. The van der Waals surface area contributed by atoms with Gasteiger partial charge in [0.15, 0.2) is 0 Å². The highest BCUT2D eigenvalue weighted by Crippen LogP contribution is 2.67. The number of nitrogens with zero attached hydrogens (tertiary/aromatic N) is 1. The third kappa shape index (κ3) is 17.5. The molecule has 64 heavy (non-hydrogen) atoms. The van der Waals surface area contributed by atoms with Crippen molar-refractivity contribution in [2.24, 2.45) is 52.1 Å². The summed E-state index contributed by atoms with van der Waals surface area (Å²) in [6.07, 6.45) is 38.3. The molecular weight excluding hydrogens is 793 g/mol. The average molecular weight is 895 g/mol. The van der Waals surface area contributed by atoms with Crippen LogP contribution in [0.25, 0.3) is 0 Å². The van der Waals surface area contributed by atoms with Gasteiger partial charge in [0.1, 0.15) is 12.6 Å². The van der Waals surface area contributed by atoms with Gasteiger partial charge in [-0.15, -0.1) is 0 Å². The van der Waals surface area contributed by atoms with Crippen LogP contribution in [0.3, 0.4) is 0 Å². The molecular formula is C56H102N4O4. The topological polar surface area (TPSA) is 114 Å². The first-order chi connectivity index (χ1) is 30.9. The molecule has 0 radical (unpaired) electrons. The number of nitrogens with one attached hydrogen (secondary N) is 2. The van der Waals surface area contributed by atoms with Gasteiger partial charge in [-0.3, -0.25) is 14.5 Å². The molecule has 8 nitrogen and oxygen atoms in total. The number of carbonyl (C=O) groups excluding carboxylic acids is 3. The Labute approximate surface area is 394 Å². The van der Waals surface area contributed by atoms with Crippen molar-refractivity contribution in [2.45, 2.75) is 247 Å². The van der Waals surface area contributed by atoms with Crippen molar-refractivity contribution < 1.29 is 19.1 Å². The molecule has 4 rings (SSSR count). The quantitative estimate of drug-likeness (QED) is 0.0448. The highest BCUT2D eigenvalue weighted by molar-refractivity contribution is 5.82. The van der Waals surface area contributed by atoms with Crippen LogP contribution in [-0.4, -0.2) is 61.6 Å². The lowest BCUT2D eigenvalue weighted by Gasteiger charge is -2.58. The summed E-state index contributed by atoms with van der Waals surface area (Å²) in [5.41, 5.74) is 7.86. The minimum atomic E-state index is -0.344. The number of hydrogen-bond acceptors (Lipinski definition) is 5. The third-order valence-electron chi connectivity index (χ3n) is 17.3. The number of hydrogen-bond donors (Lipinski definition) is 3. The number of amides is 3. The Hall–Kier alpha value is -2.09. The zero-order valence-electron chi connectivity index (χ0n) is 42.7. The zero-order chi connectivity index (χ0) is 46.2.